The molecule has 29 heavy (non-hydrogen) atoms. The molecule has 0 radical (unpaired) electrons. The molecule has 7 nitrogen and oxygen atoms in total. The zero-order valence-electron chi connectivity index (χ0n) is 16.9. The van der Waals surface area contributed by atoms with Gasteiger partial charge in [0, 0.05) is 55.2 Å². The van der Waals surface area contributed by atoms with Gasteiger partial charge in [0.15, 0.2) is 0 Å². The predicted molar refractivity (Wildman–Crippen MR) is 114 cm³/mol. The summed E-state index contributed by atoms with van der Waals surface area (Å²) in [6.45, 7) is 8.31. The maximum atomic E-state index is 10.3. The van der Waals surface area contributed by atoms with E-state index >= 15 is 0 Å². The molecule has 2 aliphatic heterocycles. The van der Waals surface area contributed by atoms with E-state index in [1.165, 1.54) is 0 Å². The van der Waals surface area contributed by atoms with Crippen LogP contribution in [-0.4, -0.2) is 49.8 Å². The van der Waals surface area contributed by atoms with Gasteiger partial charge in [-0.25, -0.2) is 15.0 Å². The van der Waals surface area contributed by atoms with Gasteiger partial charge in [-0.1, -0.05) is 11.6 Å². The van der Waals surface area contributed by atoms with Gasteiger partial charge in [0.2, 0.25) is 0 Å². The van der Waals surface area contributed by atoms with Gasteiger partial charge in [-0.3, -0.25) is 0 Å². The van der Waals surface area contributed by atoms with Gasteiger partial charge < -0.3 is 19.9 Å². The molecule has 0 aromatic carbocycles. The van der Waals surface area contributed by atoms with Gasteiger partial charge in [-0.2, -0.15) is 0 Å². The quantitative estimate of drug-likeness (QED) is 0.643. The number of anilines is 2. The lowest BCUT2D eigenvalue weighted by atomic mass is 9.84. The van der Waals surface area contributed by atoms with Crippen molar-refractivity contribution in [3.63, 3.8) is 0 Å². The molecule has 0 bridgehead atoms. The van der Waals surface area contributed by atoms with E-state index in [4.69, 9.17) is 11.6 Å². The molecule has 1 fully saturated rings. The van der Waals surface area contributed by atoms with Gasteiger partial charge in [0.05, 0.1) is 17.0 Å². The van der Waals surface area contributed by atoms with E-state index in [2.05, 4.69) is 36.7 Å². The fraction of sp³-hybridized carbons (Fsp3) is 0.476. The van der Waals surface area contributed by atoms with Crippen LogP contribution < -0.4 is 9.80 Å². The van der Waals surface area contributed by atoms with Gasteiger partial charge in [0.25, 0.3) is 0 Å². The van der Waals surface area contributed by atoms with Crippen molar-refractivity contribution < 1.29 is 5.11 Å². The third-order valence-electron chi connectivity index (χ3n) is 6.33. The van der Waals surface area contributed by atoms with Crippen molar-refractivity contribution in [3.8, 4) is 0 Å². The molecule has 1 atom stereocenters. The van der Waals surface area contributed by atoms with Crippen LogP contribution in [0.2, 0.25) is 5.15 Å². The molecule has 3 aromatic rings. The molecular weight excluding hydrogens is 388 g/mol. The molecule has 5 rings (SSSR count). The number of hydrogen-bond acceptors (Lipinski definition) is 6. The minimum atomic E-state index is -0.669. The summed E-state index contributed by atoms with van der Waals surface area (Å²) in [7, 11) is 0. The summed E-state index contributed by atoms with van der Waals surface area (Å²) in [5, 5.41) is 11.8. The number of rotatable bonds is 3. The number of nitrogens with zero attached hydrogens (tertiary/aromatic N) is 5. The van der Waals surface area contributed by atoms with Gasteiger partial charge in [-0.15, -0.1) is 0 Å². The zero-order chi connectivity index (χ0) is 20.3. The fourth-order valence-corrected chi connectivity index (χ4v) is 4.60. The van der Waals surface area contributed by atoms with Gasteiger partial charge in [0.1, 0.15) is 22.9 Å². The number of pyridine rings is 1. The summed E-state index contributed by atoms with van der Waals surface area (Å²) in [5.74, 6) is 1.24. The smallest absolute Gasteiger partial charge is 0.141 e. The second-order valence-electron chi connectivity index (χ2n) is 8.76. The molecule has 152 valence electrons. The van der Waals surface area contributed by atoms with Crippen molar-refractivity contribution >= 4 is 34.1 Å². The lowest BCUT2D eigenvalue weighted by Crippen LogP contribution is -2.56. The number of nitrogens with one attached hydrogen (secondary N) is 1. The van der Waals surface area contributed by atoms with Crippen LogP contribution in [0.25, 0.3) is 11.0 Å². The van der Waals surface area contributed by atoms with Crippen LogP contribution in [0.1, 0.15) is 32.0 Å². The standard InChI is InChI=1S/C21H25ClN6O/c1-12-6-16-15(20(25-11-24-16)27-8-13(9-27)21(2,3)29)10-28(12)17-7-18(22)26-19-14(17)4-5-23-19/h4-5,7,11-13,29H,6,8-10H2,1-3H3,(H,23,26)/t12-/m1/s1. The highest BCUT2D eigenvalue weighted by atomic mass is 35.5. The van der Waals surface area contributed by atoms with Crippen molar-refractivity contribution in [2.75, 3.05) is 22.9 Å². The highest BCUT2D eigenvalue weighted by Crippen LogP contribution is 2.38. The van der Waals surface area contributed by atoms with Crippen molar-refractivity contribution in [2.24, 2.45) is 5.92 Å². The molecule has 0 amide bonds. The number of fused-ring (bicyclic) bond motifs is 2. The minimum absolute atomic E-state index is 0.255. The largest absolute Gasteiger partial charge is 0.390 e. The predicted octanol–water partition coefficient (Wildman–Crippen LogP) is 3.16. The second kappa shape index (κ2) is 6.57. The average Bonchev–Trinajstić information content (AvgIpc) is 3.06. The number of aliphatic hydroxyl groups is 1. The van der Waals surface area contributed by atoms with Crippen LogP contribution in [-0.2, 0) is 13.0 Å². The highest BCUT2D eigenvalue weighted by molar-refractivity contribution is 6.30. The number of H-pyrrole nitrogens is 1. The minimum Gasteiger partial charge on any atom is -0.390 e. The molecule has 0 spiro atoms. The summed E-state index contributed by atoms with van der Waals surface area (Å²) in [6, 6.07) is 4.26. The molecule has 2 aliphatic rings. The van der Waals surface area contributed by atoms with E-state index in [1.54, 1.807) is 6.33 Å². The summed E-state index contributed by atoms with van der Waals surface area (Å²) < 4.78 is 0. The van der Waals surface area contributed by atoms with Crippen LogP contribution >= 0.6 is 11.6 Å². The highest BCUT2D eigenvalue weighted by Gasteiger charge is 2.40. The Morgan fingerprint density at radius 3 is 2.83 bits per heavy atom. The molecule has 0 unspecified atom stereocenters. The fourth-order valence-electron chi connectivity index (χ4n) is 4.41. The van der Waals surface area contributed by atoms with Crippen LogP contribution in [0.4, 0.5) is 11.5 Å². The first-order chi connectivity index (χ1) is 13.8. The molecule has 1 saturated heterocycles. The Kier molecular flexibility index (Phi) is 4.22. The maximum absolute atomic E-state index is 10.3. The molecule has 3 aromatic heterocycles. The molecule has 0 aliphatic carbocycles. The molecular formula is C21H25ClN6O. The Hall–Kier alpha value is -2.38. The molecule has 2 N–H and O–H groups in total. The number of aromatic amines is 1. The Bertz CT molecular complexity index is 1070. The monoisotopic (exact) mass is 412 g/mol. The van der Waals surface area contributed by atoms with Crippen molar-refractivity contribution in [2.45, 2.75) is 45.4 Å². The van der Waals surface area contributed by atoms with Crippen LogP contribution in [0.5, 0.6) is 0 Å². The Morgan fingerprint density at radius 2 is 2.07 bits per heavy atom. The second-order valence-corrected chi connectivity index (χ2v) is 9.15. The number of hydrogen-bond donors (Lipinski definition) is 2. The first-order valence-electron chi connectivity index (χ1n) is 10.0. The Labute approximate surface area is 174 Å². The molecule has 0 saturated carbocycles. The normalized spacial score (nSPS) is 20.1. The van der Waals surface area contributed by atoms with Crippen LogP contribution in [0.3, 0.4) is 0 Å². The van der Waals surface area contributed by atoms with E-state index in [-0.39, 0.29) is 12.0 Å². The van der Waals surface area contributed by atoms with Crippen molar-refractivity contribution in [1.82, 2.24) is 19.9 Å². The van der Waals surface area contributed by atoms with E-state index in [0.717, 1.165) is 59.9 Å². The van der Waals surface area contributed by atoms with E-state index in [1.807, 2.05) is 32.2 Å². The third kappa shape index (κ3) is 3.13. The average molecular weight is 413 g/mol. The Morgan fingerprint density at radius 1 is 1.28 bits per heavy atom. The van der Waals surface area contributed by atoms with Gasteiger partial charge >= 0.3 is 0 Å². The summed E-state index contributed by atoms with van der Waals surface area (Å²) in [4.78, 5) is 21.4. The summed E-state index contributed by atoms with van der Waals surface area (Å²) >= 11 is 6.31. The first kappa shape index (κ1) is 18.6. The molecule has 8 heteroatoms. The van der Waals surface area contributed by atoms with E-state index in [9.17, 15) is 5.11 Å². The SMILES string of the molecule is C[C@@H]1Cc2ncnc(N3CC(C(C)(C)O)C3)c2CN1c1cc(Cl)nc2[nH]ccc12. The summed E-state index contributed by atoms with van der Waals surface area (Å²) in [5.41, 5.74) is 3.47. The van der Waals surface area contributed by atoms with Crippen LogP contribution in [0.15, 0.2) is 24.7 Å². The summed E-state index contributed by atoms with van der Waals surface area (Å²) in [6.07, 6.45) is 4.41. The lowest BCUT2D eigenvalue weighted by molar-refractivity contribution is 0.00432. The maximum Gasteiger partial charge on any atom is 0.141 e. The first-order valence-corrected chi connectivity index (χ1v) is 10.4. The van der Waals surface area contributed by atoms with Gasteiger partial charge in [-0.05, 0) is 32.9 Å². The number of halogens is 1. The Balaban J connectivity index is 1.50. The van der Waals surface area contributed by atoms with Crippen molar-refractivity contribution in [1.29, 1.82) is 0 Å². The number of aromatic nitrogens is 4. The van der Waals surface area contributed by atoms with E-state index < -0.39 is 5.60 Å². The van der Waals surface area contributed by atoms with E-state index in [0.29, 0.717) is 5.15 Å². The zero-order valence-corrected chi connectivity index (χ0v) is 17.6. The van der Waals surface area contributed by atoms with Crippen molar-refractivity contribution in [3.05, 3.63) is 41.1 Å². The third-order valence-corrected chi connectivity index (χ3v) is 6.52. The topological polar surface area (TPSA) is 81.2 Å². The molecule has 5 heterocycles. The lowest BCUT2D eigenvalue weighted by Gasteiger charge is -2.47. The van der Waals surface area contributed by atoms with Crippen LogP contribution in [0, 0.1) is 5.92 Å².